The first-order valence-corrected chi connectivity index (χ1v) is 15.5. The van der Waals surface area contributed by atoms with Crippen molar-refractivity contribution in [3.63, 3.8) is 0 Å². The first-order valence-electron chi connectivity index (χ1n) is 15.5. The summed E-state index contributed by atoms with van der Waals surface area (Å²) in [5.41, 5.74) is 15.8. The van der Waals surface area contributed by atoms with Gasteiger partial charge < -0.3 is 26.8 Å². The van der Waals surface area contributed by atoms with E-state index in [4.69, 9.17) is 16.2 Å². The van der Waals surface area contributed by atoms with E-state index in [-0.39, 0.29) is 56.3 Å². The van der Waals surface area contributed by atoms with Crippen molar-refractivity contribution >= 4 is 75.5 Å². The predicted octanol–water partition coefficient (Wildman–Crippen LogP) is 6.35. The number of fused-ring (bicyclic) bond motifs is 2. The number of pyridine rings is 2. The van der Waals surface area contributed by atoms with Gasteiger partial charge >= 0.3 is 5.97 Å². The largest absolute Gasteiger partial charge is 0.457 e. The molecule has 12 heteroatoms. The topological polar surface area (TPSA) is 162 Å². The van der Waals surface area contributed by atoms with Crippen LogP contribution in [-0.4, -0.2) is 40.8 Å². The zero-order chi connectivity index (χ0) is 33.5. The number of carbonyl (C=O) groups is 3. The van der Waals surface area contributed by atoms with E-state index in [0.29, 0.717) is 22.5 Å². The number of halogens is 2. The van der Waals surface area contributed by atoms with Gasteiger partial charge in [-0.2, -0.15) is 0 Å². The van der Waals surface area contributed by atoms with E-state index < -0.39 is 17.8 Å². The van der Waals surface area contributed by atoms with E-state index >= 15 is 0 Å². The normalized spacial score (nSPS) is 11.8. The summed E-state index contributed by atoms with van der Waals surface area (Å²) in [6, 6.07) is 28.9. The maximum atomic E-state index is 13.1. The zero-order valence-electron chi connectivity index (χ0n) is 26.8. The number of hydrogen-bond donors (Lipinski definition) is 4. The monoisotopic (exact) mass is 710 g/mol. The molecule has 6 N–H and O–H groups in total. The summed E-state index contributed by atoms with van der Waals surface area (Å²) >= 11 is 0. The van der Waals surface area contributed by atoms with Crippen molar-refractivity contribution in [3.8, 4) is 0 Å². The van der Waals surface area contributed by atoms with Crippen LogP contribution in [0.5, 0.6) is 0 Å². The van der Waals surface area contributed by atoms with Gasteiger partial charge in [0.1, 0.15) is 6.61 Å². The molecule has 0 bridgehead atoms. The highest BCUT2D eigenvalue weighted by Crippen LogP contribution is 2.24. The lowest BCUT2D eigenvalue weighted by molar-refractivity contribution is -0.118. The second-order valence-electron chi connectivity index (χ2n) is 11.4. The summed E-state index contributed by atoms with van der Waals surface area (Å²) in [7, 11) is 0. The van der Waals surface area contributed by atoms with Crippen LogP contribution in [0.15, 0.2) is 122 Å². The molecule has 0 spiro atoms. The van der Waals surface area contributed by atoms with E-state index in [0.717, 1.165) is 32.7 Å². The predicted molar refractivity (Wildman–Crippen MR) is 201 cm³/mol. The molecule has 0 saturated carbocycles. The second-order valence-corrected chi connectivity index (χ2v) is 11.4. The molecular weight excluding hydrogens is 675 g/mol. The van der Waals surface area contributed by atoms with Crippen LogP contribution >= 0.6 is 24.8 Å². The van der Waals surface area contributed by atoms with Gasteiger partial charge in [0, 0.05) is 60.0 Å². The molecule has 2 aromatic heterocycles. The van der Waals surface area contributed by atoms with Gasteiger partial charge in [-0.05, 0) is 76.0 Å². The van der Waals surface area contributed by atoms with Gasteiger partial charge in [-0.3, -0.25) is 19.6 Å². The minimum atomic E-state index is -0.605. The summed E-state index contributed by atoms with van der Waals surface area (Å²) in [4.78, 5) is 47.2. The fourth-order valence-corrected chi connectivity index (χ4v) is 5.50. The molecule has 2 amide bonds. The van der Waals surface area contributed by atoms with E-state index in [2.05, 4.69) is 20.6 Å². The van der Waals surface area contributed by atoms with Crippen LogP contribution in [0.4, 0.5) is 11.4 Å². The molecule has 256 valence electrons. The van der Waals surface area contributed by atoms with Crippen molar-refractivity contribution in [1.82, 2.24) is 9.97 Å². The van der Waals surface area contributed by atoms with Crippen molar-refractivity contribution in [3.05, 3.63) is 144 Å². The number of amides is 2. The molecular formula is C38H36Cl2N6O4. The molecule has 6 rings (SSSR count). The Labute approximate surface area is 301 Å². The molecule has 2 atom stereocenters. The Morgan fingerprint density at radius 2 is 1.06 bits per heavy atom. The third-order valence-electron chi connectivity index (χ3n) is 8.22. The van der Waals surface area contributed by atoms with Gasteiger partial charge in [-0.1, -0.05) is 48.5 Å². The number of anilines is 2. The Morgan fingerprint density at radius 3 is 1.52 bits per heavy atom. The summed E-state index contributed by atoms with van der Waals surface area (Å²) in [5.74, 6) is -2.13. The van der Waals surface area contributed by atoms with E-state index in [9.17, 15) is 14.4 Å². The first-order chi connectivity index (χ1) is 23.4. The summed E-state index contributed by atoms with van der Waals surface area (Å²) < 4.78 is 5.53. The molecule has 10 nitrogen and oxygen atoms in total. The average Bonchev–Trinajstić information content (AvgIpc) is 3.12. The number of esters is 1. The molecule has 0 aliphatic rings. The molecule has 50 heavy (non-hydrogen) atoms. The van der Waals surface area contributed by atoms with E-state index in [1.807, 2.05) is 72.8 Å². The number of aromatic nitrogens is 2. The van der Waals surface area contributed by atoms with E-state index in [1.54, 1.807) is 49.1 Å². The third-order valence-corrected chi connectivity index (χ3v) is 8.22. The molecule has 2 heterocycles. The highest BCUT2D eigenvalue weighted by molar-refractivity contribution is 5.99. The fraction of sp³-hybridized carbons (Fsp3) is 0.132. The molecule has 0 fully saturated rings. The molecule has 6 aromatic rings. The van der Waals surface area contributed by atoms with Gasteiger partial charge in [0.25, 0.3) is 0 Å². The third kappa shape index (κ3) is 8.79. The molecule has 4 aromatic carbocycles. The number of hydrogen-bond acceptors (Lipinski definition) is 8. The van der Waals surface area contributed by atoms with Gasteiger partial charge in [0.2, 0.25) is 11.8 Å². The van der Waals surface area contributed by atoms with Crippen molar-refractivity contribution in [1.29, 1.82) is 0 Å². The first kappa shape index (κ1) is 37.4. The standard InChI is InChI=1S/C38H34N6O4.2ClH/c39-19-34(36(45)43-32-11-9-30-21-41-15-13-28(30)17-32)25-3-1-24(2-4-25)23-48-38(47)27-7-5-26(6-8-27)35(20-40)37(46)44-33-12-10-31-22-42-16-14-29(31)18-33;;/h1-18,21-22,34-35H,19-20,23,39-40H2,(H,43,45)(H,44,46);2*1H/t34-,35-;;/m1../s1. The number of benzene rings is 4. The number of carbonyl (C=O) groups excluding carboxylic acids is 3. The maximum Gasteiger partial charge on any atom is 0.338 e. The second kappa shape index (κ2) is 17.3. The Morgan fingerprint density at radius 1 is 0.600 bits per heavy atom. The van der Waals surface area contributed by atoms with Crippen LogP contribution in [0.1, 0.15) is 38.9 Å². The Balaban J connectivity index is 0.00000281. The van der Waals surface area contributed by atoms with E-state index in [1.165, 1.54) is 0 Å². The molecule has 0 unspecified atom stereocenters. The van der Waals surface area contributed by atoms with Gasteiger partial charge in [0.05, 0.1) is 17.4 Å². The molecule has 0 radical (unpaired) electrons. The smallest absolute Gasteiger partial charge is 0.338 e. The lowest BCUT2D eigenvalue weighted by Gasteiger charge is -2.16. The molecule has 0 aliphatic carbocycles. The van der Waals surface area contributed by atoms with Crippen molar-refractivity contribution in [2.75, 3.05) is 23.7 Å². The Kier molecular flexibility index (Phi) is 13.0. The number of nitrogens with two attached hydrogens (primary N) is 2. The number of rotatable bonds is 11. The fourth-order valence-electron chi connectivity index (χ4n) is 5.50. The zero-order valence-corrected chi connectivity index (χ0v) is 28.5. The molecule has 0 saturated heterocycles. The highest BCUT2D eigenvalue weighted by Gasteiger charge is 2.21. The Bertz CT molecular complexity index is 2090. The van der Waals surface area contributed by atoms with Crippen LogP contribution in [0.2, 0.25) is 0 Å². The number of nitrogens with one attached hydrogen (secondary N) is 2. The lowest BCUT2D eigenvalue weighted by Crippen LogP contribution is -2.27. The SMILES string of the molecule is Cl.Cl.NC[C@@H](C(=O)Nc1ccc2cnccc2c1)c1ccc(COC(=O)c2ccc([C@@H](CN)C(=O)Nc3ccc4cnccc4c3)cc2)cc1. The number of nitrogens with zero attached hydrogens (tertiary/aromatic N) is 2. The minimum absolute atomic E-state index is 0. The lowest BCUT2D eigenvalue weighted by atomic mass is 9.96. The van der Waals surface area contributed by atoms with Crippen molar-refractivity contribution in [2.24, 2.45) is 11.5 Å². The molecule has 0 aliphatic heterocycles. The minimum Gasteiger partial charge on any atom is -0.457 e. The highest BCUT2D eigenvalue weighted by atomic mass is 35.5. The van der Waals surface area contributed by atoms with Crippen LogP contribution < -0.4 is 22.1 Å². The van der Waals surface area contributed by atoms with Crippen LogP contribution in [0.3, 0.4) is 0 Å². The summed E-state index contributed by atoms with van der Waals surface area (Å²) in [5, 5.41) is 9.78. The van der Waals surface area contributed by atoms with Crippen molar-refractivity contribution in [2.45, 2.75) is 18.4 Å². The van der Waals surface area contributed by atoms with Gasteiger partial charge in [0.15, 0.2) is 0 Å². The van der Waals surface area contributed by atoms with Crippen LogP contribution in [-0.2, 0) is 20.9 Å². The van der Waals surface area contributed by atoms with Gasteiger partial charge in [-0.25, -0.2) is 4.79 Å². The average molecular weight is 712 g/mol. The van der Waals surface area contributed by atoms with Crippen LogP contribution in [0, 0.1) is 0 Å². The van der Waals surface area contributed by atoms with Crippen LogP contribution in [0.25, 0.3) is 21.5 Å². The Hall–Kier alpha value is -5.39. The maximum absolute atomic E-state index is 13.1. The number of ether oxygens (including phenoxy) is 1. The summed E-state index contributed by atoms with van der Waals surface area (Å²) in [6.07, 6.45) is 6.94. The summed E-state index contributed by atoms with van der Waals surface area (Å²) in [6.45, 7) is 0.265. The van der Waals surface area contributed by atoms with Gasteiger partial charge in [-0.15, -0.1) is 24.8 Å². The van der Waals surface area contributed by atoms with Crippen molar-refractivity contribution < 1.29 is 19.1 Å². The quantitative estimate of drug-likeness (QED) is 0.113.